The lowest BCUT2D eigenvalue weighted by molar-refractivity contribution is -0.125. The molecule has 1 fully saturated rings. The third kappa shape index (κ3) is 7.98. The van der Waals surface area contributed by atoms with Gasteiger partial charge in [-0.3, -0.25) is 19.2 Å². The van der Waals surface area contributed by atoms with Crippen LogP contribution in [0.2, 0.25) is 0 Å². The molecule has 8 heteroatoms. The molecular weight excluding hydrogens is 552 g/mol. The summed E-state index contributed by atoms with van der Waals surface area (Å²) in [6.07, 6.45) is 2.49. The molecule has 224 valence electrons. The average molecular weight is 589 g/mol. The van der Waals surface area contributed by atoms with Crippen LogP contribution in [-0.4, -0.2) is 23.6 Å². The van der Waals surface area contributed by atoms with Crippen molar-refractivity contribution in [3.8, 4) is 0 Å². The molecular formula is C36H36N4O4. The van der Waals surface area contributed by atoms with E-state index in [1.807, 2.05) is 50.2 Å². The van der Waals surface area contributed by atoms with Crippen molar-refractivity contribution in [3.63, 3.8) is 0 Å². The maximum Gasteiger partial charge on any atom is 0.255 e. The molecule has 4 aromatic carbocycles. The van der Waals surface area contributed by atoms with Crippen LogP contribution in [0.1, 0.15) is 57.5 Å². The largest absolute Gasteiger partial charge is 0.326 e. The molecule has 0 heterocycles. The molecule has 0 aliphatic heterocycles. The van der Waals surface area contributed by atoms with Gasteiger partial charge in [0.25, 0.3) is 11.8 Å². The van der Waals surface area contributed by atoms with E-state index < -0.39 is 0 Å². The minimum Gasteiger partial charge on any atom is -0.326 e. The number of carbonyl (C=O) groups is 4. The first kappa shape index (κ1) is 30.2. The van der Waals surface area contributed by atoms with Crippen molar-refractivity contribution in [1.29, 1.82) is 0 Å². The second-order valence-corrected chi connectivity index (χ2v) is 11.3. The molecule has 0 saturated heterocycles. The Bertz CT molecular complexity index is 1530. The molecule has 0 radical (unpaired) electrons. The minimum absolute atomic E-state index is 0.0660. The third-order valence-electron chi connectivity index (χ3n) is 7.85. The van der Waals surface area contributed by atoms with Crippen LogP contribution in [0.25, 0.3) is 0 Å². The van der Waals surface area contributed by atoms with Gasteiger partial charge in [-0.25, -0.2) is 0 Å². The Morgan fingerprint density at radius 3 is 1.11 bits per heavy atom. The lowest BCUT2D eigenvalue weighted by atomic mass is 9.81. The van der Waals surface area contributed by atoms with E-state index in [4.69, 9.17) is 0 Å². The Kier molecular flexibility index (Phi) is 9.49. The van der Waals surface area contributed by atoms with Crippen molar-refractivity contribution in [2.45, 2.75) is 39.5 Å². The Balaban J connectivity index is 1.05. The van der Waals surface area contributed by atoms with Crippen LogP contribution in [0.3, 0.4) is 0 Å². The molecule has 0 unspecified atom stereocenters. The zero-order valence-corrected chi connectivity index (χ0v) is 24.9. The Hall–Kier alpha value is -5.24. The van der Waals surface area contributed by atoms with Crippen molar-refractivity contribution in [3.05, 3.63) is 119 Å². The monoisotopic (exact) mass is 588 g/mol. The van der Waals surface area contributed by atoms with E-state index in [9.17, 15) is 19.2 Å². The minimum atomic E-state index is -0.189. The summed E-state index contributed by atoms with van der Waals surface area (Å²) < 4.78 is 0. The summed E-state index contributed by atoms with van der Waals surface area (Å²) in [4.78, 5) is 50.8. The molecule has 1 saturated carbocycles. The number of anilines is 4. The lowest BCUT2D eigenvalue weighted by Gasteiger charge is -2.27. The van der Waals surface area contributed by atoms with Gasteiger partial charge in [-0.2, -0.15) is 0 Å². The van der Waals surface area contributed by atoms with Crippen molar-refractivity contribution in [1.82, 2.24) is 0 Å². The van der Waals surface area contributed by atoms with Gasteiger partial charge in [-0.05, 0) is 112 Å². The van der Waals surface area contributed by atoms with E-state index in [0.717, 1.165) is 11.1 Å². The van der Waals surface area contributed by atoms with E-state index in [1.54, 1.807) is 60.7 Å². The summed E-state index contributed by atoms with van der Waals surface area (Å²) in [5.41, 5.74) is 5.79. The molecule has 8 nitrogen and oxygen atoms in total. The summed E-state index contributed by atoms with van der Waals surface area (Å²) >= 11 is 0. The molecule has 4 aromatic rings. The van der Waals surface area contributed by atoms with Crippen LogP contribution in [0, 0.1) is 25.7 Å². The Labute approximate surface area is 257 Å². The van der Waals surface area contributed by atoms with Crippen LogP contribution in [-0.2, 0) is 9.59 Å². The van der Waals surface area contributed by atoms with Gasteiger partial charge in [-0.15, -0.1) is 0 Å². The van der Waals surface area contributed by atoms with Gasteiger partial charge >= 0.3 is 0 Å². The fraction of sp³-hybridized carbons (Fsp3) is 0.222. The van der Waals surface area contributed by atoms with Crippen molar-refractivity contribution < 1.29 is 19.2 Å². The smallest absolute Gasteiger partial charge is 0.255 e. The second-order valence-electron chi connectivity index (χ2n) is 11.3. The summed E-state index contributed by atoms with van der Waals surface area (Å²) in [7, 11) is 0. The molecule has 0 spiro atoms. The fourth-order valence-electron chi connectivity index (χ4n) is 5.36. The number of nitrogens with one attached hydrogen (secondary N) is 4. The van der Waals surface area contributed by atoms with Gasteiger partial charge in [0.05, 0.1) is 0 Å². The van der Waals surface area contributed by atoms with E-state index in [2.05, 4.69) is 21.3 Å². The van der Waals surface area contributed by atoms with Gasteiger partial charge in [0.1, 0.15) is 0 Å². The predicted molar refractivity (Wildman–Crippen MR) is 174 cm³/mol. The van der Waals surface area contributed by atoms with Crippen LogP contribution >= 0.6 is 0 Å². The van der Waals surface area contributed by atoms with Gasteiger partial charge in [0.2, 0.25) is 11.8 Å². The standard InChI is InChI=1S/C36H36N4O4/c1-23-5-3-7-27(21-23)35(43)39-31-17-13-29(14-18-31)37-33(41)25-9-11-26(12-10-25)34(42)38-30-15-19-32(20-16-30)40-36(44)28-8-4-6-24(2)22-28/h3-8,13-22,25-26H,9-12H2,1-2H3,(H,37,41)(H,38,42)(H,39,43)(H,40,44). The summed E-state index contributed by atoms with van der Waals surface area (Å²) in [6, 6.07) is 28.9. The Morgan fingerprint density at radius 1 is 0.477 bits per heavy atom. The number of benzene rings is 4. The molecule has 44 heavy (non-hydrogen) atoms. The number of hydrogen-bond acceptors (Lipinski definition) is 4. The van der Waals surface area contributed by atoms with Crippen molar-refractivity contribution in [2.24, 2.45) is 11.8 Å². The van der Waals surface area contributed by atoms with Crippen LogP contribution in [0.15, 0.2) is 97.1 Å². The topological polar surface area (TPSA) is 116 Å². The normalized spacial score (nSPS) is 16.0. The number of carbonyl (C=O) groups excluding carboxylic acids is 4. The third-order valence-corrected chi connectivity index (χ3v) is 7.85. The summed E-state index contributed by atoms with van der Waals surface area (Å²) in [5.74, 6) is -0.851. The maximum absolute atomic E-state index is 12.9. The van der Waals surface area contributed by atoms with E-state index >= 15 is 0 Å². The van der Waals surface area contributed by atoms with Gasteiger partial charge in [0, 0.05) is 45.7 Å². The fourth-order valence-corrected chi connectivity index (χ4v) is 5.36. The van der Waals surface area contributed by atoms with Crippen molar-refractivity contribution >= 4 is 46.4 Å². The molecule has 0 aromatic heterocycles. The number of rotatable bonds is 8. The van der Waals surface area contributed by atoms with Crippen LogP contribution in [0.5, 0.6) is 0 Å². The van der Waals surface area contributed by atoms with Gasteiger partial charge in [-0.1, -0.05) is 35.4 Å². The highest BCUT2D eigenvalue weighted by Gasteiger charge is 2.30. The highest BCUT2D eigenvalue weighted by atomic mass is 16.2. The highest BCUT2D eigenvalue weighted by Crippen LogP contribution is 2.31. The van der Waals surface area contributed by atoms with Crippen LogP contribution in [0.4, 0.5) is 22.7 Å². The number of amides is 4. The molecule has 1 aliphatic carbocycles. The SMILES string of the molecule is Cc1cccc(C(=O)Nc2ccc(NC(=O)C3CCC(C(=O)Nc4ccc(NC(=O)c5cccc(C)c5)cc4)CC3)cc2)c1. The lowest BCUT2D eigenvalue weighted by Crippen LogP contribution is -2.32. The number of hydrogen-bond donors (Lipinski definition) is 4. The number of aryl methyl sites for hydroxylation is 2. The Morgan fingerprint density at radius 2 is 0.795 bits per heavy atom. The first-order valence-electron chi connectivity index (χ1n) is 14.8. The molecule has 0 atom stereocenters. The predicted octanol–water partition coefficient (Wildman–Crippen LogP) is 7.19. The second kappa shape index (κ2) is 13.8. The zero-order valence-electron chi connectivity index (χ0n) is 24.9. The van der Waals surface area contributed by atoms with Crippen LogP contribution < -0.4 is 21.3 Å². The van der Waals surface area contributed by atoms with Gasteiger partial charge < -0.3 is 21.3 Å². The molecule has 5 rings (SSSR count). The molecule has 0 bridgehead atoms. The molecule has 1 aliphatic rings. The summed E-state index contributed by atoms with van der Waals surface area (Å²) in [6.45, 7) is 3.88. The average Bonchev–Trinajstić information content (AvgIpc) is 3.03. The first-order valence-corrected chi connectivity index (χ1v) is 14.8. The van der Waals surface area contributed by atoms with E-state index in [0.29, 0.717) is 59.6 Å². The molecule has 4 N–H and O–H groups in total. The van der Waals surface area contributed by atoms with E-state index in [1.165, 1.54) is 0 Å². The summed E-state index contributed by atoms with van der Waals surface area (Å²) in [5, 5.41) is 11.7. The highest BCUT2D eigenvalue weighted by molar-refractivity contribution is 6.05. The zero-order chi connectivity index (χ0) is 31.1. The quantitative estimate of drug-likeness (QED) is 0.174. The van der Waals surface area contributed by atoms with E-state index in [-0.39, 0.29) is 35.5 Å². The first-order chi connectivity index (χ1) is 21.2. The molecule has 4 amide bonds. The maximum atomic E-state index is 12.9. The van der Waals surface area contributed by atoms with Gasteiger partial charge in [0.15, 0.2) is 0 Å². The van der Waals surface area contributed by atoms with Crippen molar-refractivity contribution in [2.75, 3.05) is 21.3 Å².